The minimum absolute atomic E-state index is 0.0899. The summed E-state index contributed by atoms with van der Waals surface area (Å²) in [6, 6.07) is 8.71. The van der Waals surface area contributed by atoms with Gasteiger partial charge in [-0.3, -0.25) is 4.55 Å². The van der Waals surface area contributed by atoms with E-state index in [1.165, 1.54) is 25.7 Å². The molecule has 0 bridgehead atoms. The fourth-order valence-corrected chi connectivity index (χ4v) is 2.18. The van der Waals surface area contributed by atoms with E-state index in [0.717, 1.165) is 26.1 Å². The monoisotopic (exact) mass is 392 g/mol. The van der Waals surface area contributed by atoms with Gasteiger partial charge in [0, 0.05) is 13.2 Å². The molecule has 1 rings (SSSR count). The van der Waals surface area contributed by atoms with Gasteiger partial charge in [0.05, 0.1) is 6.61 Å². The van der Waals surface area contributed by atoms with Crippen LogP contribution in [0.2, 0.25) is 0 Å². The Balaban J connectivity index is 0. The smallest absolute Gasteiger partial charge is 0.397 e. The minimum Gasteiger partial charge on any atom is -0.508 e. The number of phenolic OH excluding ortho intramolecular Hbond substituents is 1. The van der Waals surface area contributed by atoms with Crippen LogP contribution in [-0.2, 0) is 19.3 Å². The molecule has 0 spiro atoms. The van der Waals surface area contributed by atoms with Crippen molar-refractivity contribution in [3.05, 3.63) is 30.3 Å². The fourth-order valence-electron chi connectivity index (χ4n) is 1.86. The van der Waals surface area contributed by atoms with Crippen LogP contribution >= 0.6 is 0 Å². The maximum absolute atomic E-state index is 10.1. The third kappa shape index (κ3) is 27.7. The summed E-state index contributed by atoms with van der Waals surface area (Å²) in [5.74, 6) is 0.322. The van der Waals surface area contributed by atoms with Crippen molar-refractivity contribution in [2.45, 2.75) is 65.7 Å². The third-order valence-electron chi connectivity index (χ3n) is 3.14. The summed E-state index contributed by atoms with van der Waals surface area (Å²) in [7, 11) is -4.23. The Bertz CT molecular complexity index is 474. The highest BCUT2D eigenvalue weighted by Gasteiger charge is 2.02. The largest absolute Gasteiger partial charge is 0.508 e. The molecule has 1 aromatic carbocycles. The molecule has 0 radical (unpaired) electrons. The molecule has 0 aliphatic carbocycles. The molecule has 154 valence electrons. The molecule has 0 amide bonds. The molecule has 0 saturated heterocycles. The van der Waals surface area contributed by atoms with Crippen LogP contribution in [0.25, 0.3) is 0 Å². The number of para-hydroxylation sites is 1. The van der Waals surface area contributed by atoms with Crippen molar-refractivity contribution in [2.75, 3.05) is 19.8 Å². The zero-order valence-electron chi connectivity index (χ0n) is 16.4. The van der Waals surface area contributed by atoms with Gasteiger partial charge < -0.3 is 9.84 Å². The normalized spacial score (nSPS) is 10.3. The van der Waals surface area contributed by atoms with Crippen LogP contribution in [0.1, 0.15) is 65.7 Å². The van der Waals surface area contributed by atoms with Crippen molar-refractivity contribution >= 4 is 10.4 Å². The fraction of sp³-hybridized carbons (Fsp3) is 0.684. The highest BCUT2D eigenvalue weighted by Crippen LogP contribution is 2.07. The van der Waals surface area contributed by atoms with Crippen molar-refractivity contribution < 1.29 is 27.0 Å². The molecular weight excluding hydrogens is 356 g/mol. The molecule has 6 nitrogen and oxygen atoms in total. The van der Waals surface area contributed by atoms with Crippen LogP contribution < -0.4 is 0 Å². The molecule has 0 aliphatic rings. The van der Waals surface area contributed by atoms with Gasteiger partial charge in [-0.05, 0) is 32.4 Å². The number of aromatic hydroxyl groups is 1. The highest BCUT2D eigenvalue weighted by atomic mass is 32.3. The summed E-state index contributed by atoms with van der Waals surface area (Å²) in [4.78, 5) is 0. The second-order valence-corrected chi connectivity index (χ2v) is 6.58. The Morgan fingerprint density at radius 3 is 1.69 bits per heavy atom. The second kappa shape index (κ2) is 20.2. The van der Waals surface area contributed by atoms with Crippen LogP contribution in [0.5, 0.6) is 5.75 Å². The van der Waals surface area contributed by atoms with Gasteiger partial charge >= 0.3 is 10.4 Å². The van der Waals surface area contributed by atoms with Gasteiger partial charge in [0.2, 0.25) is 0 Å². The Hall–Kier alpha value is -1.15. The summed E-state index contributed by atoms with van der Waals surface area (Å²) < 4.78 is 37.5. The first-order chi connectivity index (χ1) is 12.4. The van der Waals surface area contributed by atoms with Gasteiger partial charge in [0.15, 0.2) is 0 Å². The van der Waals surface area contributed by atoms with Gasteiger partial charge in [-0.25, -0.2) is 4.18 Å². The second-order valence-electron chi connectivity index (χ2n) is 5.49. The molecule has 0 atom stereocenters. The first kappa shape index (κ1) is 27.1. The lowest BCUT2D eigenvalue weighted by Crippen LogP contribution is -2.04. The predicted molar refractivity (Wildman–Crippen MR) is 106 cm³/mol. The van der Waals surface area contributed by atoms with E-state index in [-0.39, 0.29) is 6.61 Å². The number of benzene rings is 1. The van der Waals surface area contributed by atoms with Crippen LogP contribution in [0.15, 0.2) is 30.3 Å². The third-order valence-corrected chi connectivity index (χ3v) is 3.61. The number of hydrogen-bond donors (Lipinski definition) is 2. The minimum atomic E-state index is -4.23. The maximum atomic E-state index is 10.1. The van der Waals surface area contributed by atoms with Gasteiger partial charge in [0.1, 0.15) is 5.75 Å². The number of hydrogen-bond acceptors (Lipinski definition) is 5. The standard InChI is InChI=1S/C9H20O4S.C6H6O.C4H10O/c1-2-3-4-5-6-7-8-9-13-14(10,11)12;7-6-4-2-1-3-5-6;1-3-5-4-2/h2-9H2,1H3,(H,10,11,12);1-5,7H;3-4H2,1-2H3. The topological polar surface area (TPSA) is 93.1 Å². The van der Waals surface area contributed by atoms with Crippen LogP contribution in [0.4, 0.5) is 0 Å². The van der Waals surface area contributed by atoms with E-state index in [9.17, 15) is 8.42 Å². The molecule has 0 unspecified atom stereocenters. The molecule has 1 aromatic rings. The van der Waals surface area contributed by atoms with Crippen molar-refractivity contribution in [3.63, 3.8) is 0 Å². The number of unbranched alkanes of at least 4 members (excludes halogenated alkanes) is 6. The summed E-state index contributed by atoms with van der Waals surface area (Å²) in [6.07, 6.45) is 7.68. The van der Waals surface area contributed by atoms with E-state index >= 15 is 0 Å². The Kier molecular flexibility index (Phi) is 21.0. The van der Waals surface area contributed by atoms with E-state index < -0.39 is 10.4 Å². The summed E-state index contributed by atoms with van der Waals surface area (Å²) in [5, 5.41) is 8.63. The van der Waals surface area contributed by atoms with Crippen molar-refractivity contribution in [2.24, 2.45) is 0 Å². The summed E-state index contributed by atoms with van der Waals surface area (Å²) in [5.41, 5.74) is 0. The van der Waals surface area contributed by atoms with E-state index in [0.29, 0.717) is 12.2 Å². The first-order valence-electron chi connectivity index (χ1n) is 9.30. The molecule has 26 heavy (non-hydrogen) atoms. The molecule has 0 fully saturated rings. The van der Waals surface area contributed by atoms with Crippen LogP contribution in [-0.4, -0.2) is 37.9 Å². The quantitative estimate of drug-likeness (QED) is 0.407. The molecule has 0 aromatic heterocycles. The zero-order valence-corrected chi connectivity index (χ0v) is 17.2. The lowest BCUT2D eigenvalue weighted by atomic mass is 10.1. The summed E-state index contributed by atoms with van der Waals surface area (Å²) in [6.45, 7) is 7.92. The van der Waals surface area contributed by atoms with Gasteiger partial charge in [-0.1, -0.05) is 63.6 Å². The average molecular weight is 393 g/mol. The number of ether oxygens (including phenoxy) is 1. The SMILES string of the molecule is CCCCCCCCCOS(=O)(=O)O.CCOCC.Oc1ccccc1. The van der Waals surface area contributed by atoms with E-state index in [1.807, 2.05) is 19.9 Å². The van der Waals surface area contributed by atoms with Crippen molar-refractivity contribution in [1.29, 1.82) is 0 Å². The van der Waals surface area contributed by atoms with Crippen LogP contribution in [0, 0.1) is 0 Å². The molecule has 7 heteroatoms. The molecule has 0 saturated carbocycles. The highest BCUT2D eigenvalue weighted by molar-refractivity contribution is 7.80. The molecular formula is C19H36O6S. The lowest BCUT2D eigenvalue weighted by molar-refractivity contribution is 0.162. The number of phenols is 1. The van der Waals surface area contributed by atoms with E-state index in [4.69, 9.17) is 14.4 Å². The number of rotatable bonds is 11. The van der Waals surface area contributed by atoms with E-state index in [1.54, 1.807) is 24.3 Å². The van der Waals surface area contributed by atoms with Crippen LogP contribution in [0.3, 0.4) is 0 Å². The van der Waals surface area contributed by atoms with Crippen molar-refractivity contribution in [3.8, 4) is 5.75 Å². The molecule has 2 N–H and O–H groups in total. The Morgan fingerprint density at radius 1 is 0.846 bits per heavy atom. The lowest BCUT2D eigenvalue weighted by Gasteiger charge is -2.00. The Morgan fingerprint density at radius 2 is 1.35 bits per heavy atom. The van der Waals surface area contributed by atoms with E-state index in [2.05, 4.69) is 11.1 Å². The van der Waals surface area contributed by atoms with Gasteiger partial charge in [-0.15, -0.1) is 0 Å². The first-order valence-corrected chi connectivity index (χ1v) is 10.7. The molecule has 0 heterocycles. The maximum Gasteiger partial charge on any atom is 0.397 e. The van der Waals surface area contributed by atoms with Gasteiger partial charge in [0.25, 0.3) is 0 Å². The summed E-state index contributed by atoms with van der Waals surface area (Å²) >= 11 is 0. The zero-order chi connectivity index (χ0) is 20.1. The molecule has 0 aliphatic heterocycles. The average Bonchev–Trinajstić information content (AvgIpc) is 2.59. The predicted octanol–water partition coefficient (Wildman–Crippen LogP) is 4.99. The van der Waals surface area contributed by atoms with Crippen molar-refractivity contribution in [1.82, 2.24) is 0 Å². The Labute approximate surface area is 159 Å². The van der Waals surface area contributed by atoms with Gasteiger partial charge in [-0.2, -0.15) is 8.42 Å².